The molecule has 1 aromatic rings. The van der Waals surface area contributed by atoms with Gasteiger partial charge in [0.05, 0.1) is 13.7 Å². The van der Waals surface area contributed by atoms with Gasteiger partial charge in [-0.3, -0.25) is 9.69 Å². The standard InChI is InChI=1S/C18H28N4O3/c1-3-7-19-17(23)14-21-8-10-22(11-9-21)18(24)20-13-15-5-4-6-16(12-15)25-2/h4-6,12H,3,7-11,13-14H2,1-2H3,(H,19,23)(H,20,24). The molecule has 0 radical (unpaired) electrons. The smallest absolute Gasteiger partial charge is 0.317 e. The minimum Gasteiger partial charge on any atom is -0.497 e. The van der Waals surface area contributed by atoms with Crippen LogP contribution in [-0.2, 0) is 11.3 Å². The largest absolute Gasteiger partial charge is 0.497 e. The molecule has 1 aromatic carbocycles. The van der Waals surface area contributed by atoms with E-state index in [2.05, 4.69) is 15.5 Å². The van der Waals surface area contributed by atoms with E-state index in [0.717, 1.165) is 17.7 Å². The molecule has 1 saturated heterocycles. The molecule has 1 aliphatic rings. The van der Waals surface area contributed by atoms with E-state index in [4.69, 9.17) is 4.74 Å². The molecule has 1 aliphatic heterocycles. The summed E-state index contributed by atoms with van der Waals surface area (Å²) in [5.74, 6) is 0.833. The lowest BCUT2D eigenvalue weighted by molar-refractivity contribution is -0.122. The number of nitrogens with zero attached hydrogens (tertiary/aromatic N) is 2. The number of urea groups is 1. The first-order valence-corrected chi connectivity index (χ1v) is 8.77. The molecule has 25 heavy (non-hydrogen) atoms. The molecule has 1 heterocycles. The van der Waals surface area contributed by atoms with Gasteiger partial charge >= 0.3 is 6.03 Å². The first-order chi connectivity index (χ1) is 12.1. The summed E-state index contributed by atoms with van der Waals surface area (Å²) < 4.78 is 5.18. The lowest BCUT2D eigenvalue weighted by Gasteiger charge is -2.34. The SMILES string of the molecule is CCCNC(=O)CN1CCN(C(=O)NCc2cccc(OC)c2)CC1. The molecule has 0 aliphatic carbocycles. The fourth-order valence-corrected chi connectivity index (χ4v) is 2.70. The van der Waals surface area contributed by atoms with Gasteiger partial charge in [0.1, 0.15) is 5.75 Å². The molecule has 3 amide bonds. The van der Waals surface area contributed by atoms with Crippen molar-refractivity contribution >= 4 is 11.9 Å². The Morgan fingerprint density at radius 1 is 1.16 bits per heavy atom. The van der Waals surface area contributed by atoms with Crippen molar-refractivity contribution in [3.63, 3.8) is 0 Å². The van der Waals surface area contributed by atoms with E-state index in [1.165, 1.54) is 0 Å². The Kier molecular flexibility index (Phi) is 7.53. The summed E-state index contributed by atoms with van der Waals surface area (Å²) >= 11 is 0. The Hall–Kier alpha value is -2.28. The number of carbonyl (C=O) groups excluding carboxylic acids is 2. The number of hydrogen-bond donors (Lipinski definition) is 2. The second kappa shape index (κ2) is 9.88. The third-order valence-electron chi connectivity index (χ3n) is 4.18. The van der Waals surface area contributed by atoms with Gasteiger partial charge in [-0.1, -0.05) is 19.1 Å². The molecule has 7 heteroatoms. The van der Waals surface area contributed by atoms with Crippen LogP contribution in [-0.4, -0.2) is 68.1 Å². The Bertz CT molecular complexity index is 571. The number of benzene rings is 1. The summed E-state index contributed by atoms with van der Waals surface area (Å²) in [6, 6.07) is 7.57. The van der Waals surface area contributed by atoms with E-state index >= 15 is 0 Å². The zero-order valence-corrected chi connectivity index (χ0v) is 15.1. The number of nitrogens with one attached hydrogen (secondary N) is 2. The van der Waals surface area contributed by atoms with Crippen LogP contribution in [0.5, 0.6) is 5.75 Å². The molecule has 0 spiro atoms. The molecular formula is C18H28N4O3. The molecule has 2 N–H and O–H groups in total. The van der Waals surface area contributed by atoms with Gasteiger partial charge in [-0.05, 0) is 24.1 Å². The number of piperazine rings is 1. The van der Waals surface area contributed by atoms with Gasteiger partial charge in [0, 0.05) is 39.3 Å². The summed E-state index contributed by atoms with van der Waals surface area (Å²) in [4.78, 5) is 27.9. The van der Waals surface area contributed by atoms with E-state index in [1.54, 1.807) is 12.0 Å². The molecule has 0 unspecified atom stereocenters. The van der Waals surface area contributed by atoms with E-state index in [0.29, 0.717) is 45.8 Å². The van der Waals surface area contributed by atoms with Crippen LogP contribution in [0.25, 0.3) is 0 Å². The average molecular weight is 348 g/mol. The first kappa shape index (κ1) is 19.1. The van der Waals surface area contributed by atoms with Crippen LogP contribution >= 0.6 is 0 Å². The number of carbonyl (C=O) groups is 2. The average Bonchev–Trinajstić information content (AvgIpc) is 2.65. The van der Waals surface area contributed by atoms with Gasteiger partial charge in [-0.2, -0.15) is 0 Å². The lowest BCUT2D eigenvalue weighted by atomic mass is 10.2. The van der Waals surface area contributed by atoms with Crippen LogP contribution in [0.4, 0.5) is 4.79 Å². The molecular weight excluding hydrogens is 320 g/mol. The molecule has 0 bridgehead atoms. The van der Waals surface area contributed by atoms with Crippen molar-refractivity contribution in [3.05, 3.63) is 29.8 Å². The van der Waals surface area contributed by atoms with E-state index in [1.807, 2.05) is 31.2 Å². The molecule has 7 nitrogen and oxygen atoms in total. The van der Waals surface area contributed by atoms with Gasteiger partial charge < -0.3 is 20.3 Å². The molecule has 0 atom stereocenters. The normalized spacial score (nSPS) is 14.9. The van der Waals surface area contributed by atoms with Crippen molar-refractivity contribution in [1.29, 1.82) is 0 Å². The maximum absolute atomic E-state index is 12.3. The molecule has 0 saturated carbocycles. The molecule has 1 fully saturated rings. The lowest BCUT2D eigenvalue weighted by Crippen LogP contribution is -2.53. The Balaban J connectivity index is 1.71. The summed E-state index contributed by atoms with van der Waals surface area (Å²) in [7, 11) is 1.62. The Morgan fingerprint density at radius 3 is 2.60 bits per heavy atom. The Morgan fingerprint density at radius 2 is 1.92 bits per heavy atom. The molecule has 0 aromatic heterocycles. The van der Waals surface area contributed by atoms with Crippen LogP contribution in [0.3, 0.4) is 0 Å². The highest BCUT2D eigenvalue weighted by molar-refractivity contribution is 5.78. The summed E-state index contributed by atoms with van der Waals surface area (Å²) in [6.45, 7) is 6.30. The third kappa shape index (κ3) is 6.26. The highest BCUT2D eigenvalue weighted by atomic mass is 16.5. The van der Waals surface area contributed by atoms with Crippen LogP contribution < -0.4 is 15.4 Å². The summed E-state index contributed by atoms with van der Waals surface area (Å²) in [5.41, 5.74) is 0.999. The zero-order valence-electron chi connectivity index (χ0n) is 15.1. The van der Waals surface area contributed by atoms with Crippen molar-refractivity contribution in [2.45, 2.75) is 19.9 Å². The fourth-order valence-electron chi connectivity index (χ4n) is 2.70. The van der Waals surface area contributed by atoms with Crippen molar-refractivity contribution in [3.8, 4) is 5.75 Å². The third-order valence-corrected chi connectivity index (χ3v) is 4.18. The summed E-state index contributed by atoms with van der Waals surface area (Å²) in [5, 5.41) is 5.81. The molecule has 138 valence electrons. The highest BCUT2D eigenvalue weighted by Gasteiger charge is 2.22. The predicted molar refractivity (Wildman–Crippen MR) is 96.5 cm³/mol. The van der Waals surface area contributed by atoms with Crippen LogP contribution in [0.15, 0.2) is 24.3 Å². The summed E-state index contributed by atoms with van der Waals surface area (Å²) in [6.07, 6.45) is 0.937. The fraction of sp³-hybridized carbons (Fsp3) is 0.556. The van der Waals surface area contributed by atoms with Crippen molar-refractivity contribution < 1.29 is 14.3 Å². The van der Waals surface area contributed by atoms with Gasteiger partial charge in [0.15, 0.2) is 0 Å². The van der Waals surface area contributed by atoms with Crippen molar-refractivity contribution in [1.82, 2.24) is 20.4 Å². The van der Waals surface area contributed by atoms with Crippen LogP contribution in [0.2, 0.25) is 0 Å². The predicted octanol–water partition coefficient (Wildman–Crippen LogP) is 1.05. The van der Waals surface area contributed by atoms with E-state index in [-0.39, 0.29) is 11.9 Å². The maximum atomic E-state index is 12.3. The van der Waals surface area contributed by atoms with Gasteiger partial charge in [-0.15, -0.1) is 0 Å². The monoisotopic (exact) mass is 348 g/mol. The van der Waals surface area contributed by atoms with Gasteiger partial charge in [0.25, 0.3) is 0 Å². The topological polar surface area (TPSA) is 73.9 Å². The van der Waals surface area contributed by atoms with Crippen LogP contribution in [0.1, 0.15) is 18.9 Å². The van der Waals surface area contributed by atoms with E-state index < -0.39 is 0 Å². The highest BCUT2D eigenvalue weighted by Crippen LogP contribution is 2.12. The van der Waals surface area contributed by atoms with Gasteiger partial charge in [-0.25, -0.2) is 4.79 Å². The number of amides is 3. The van der Waals surface area contributed by atoms with Crippen molar-refractivity contribution in [2.24, 2.45) is 0 Å². The maximum Gasteiger partial charge on any atom is 0.317 e. The zero-order chi connectivity index (χ0) is 18.1. The van der Waals surface area contributed by atoms with E-state index in [9.17, 15) is 9.59 Å². The second-order valence-corrected chi connectivity index (χ2v) is 6.12. The number of rotatable bonds is 7. The first-order valence-electron chi connectivity index (χ1n) is 8.77. The quantitative estimate of drug-likeness (QED) is 0.772. The number of hydrogen-bond acceptors (Lipinski definition) is 4. The molecule has 2 rings (SSSR count). The number of ether oxygens (including phenoxy) is 1. The Labute approximate surface area is 149 Å². The minimum absolute atomic E-state index is 0.0535. The van der Waals surface area contributed by atoms with Crippen LogP contribution in [0, 0.1) is 0 Å². The minimum atomic E-state index is -0.0714. The van der Waals surface area contributed by atoms with Crippen molar-refractivity contribution in [2.75, 3.05) is 46.4 Å². The number of methoxy groups -OCH3 is 1. The van der Waals surface area contributed by atoms with Gasteiger partial charge in [0.2, 0.25) is 5.91 Å². The second-order valence-electron chi connectivity index (χ2n) is 6.12.